The summed E-state index contributed by atoms with van der Waals surface area (Å²) in [7, 11) is 0. The molecule has 1 atom stereocenters. The highest BCUT2D eigenvalue weighted by atomic mass is 16.3. The number of β-amino-alcohol motifs (C(OH)–C–C–N with tert-alkyl or cyclic N) is 1. The fourth-order valence-electron chi connectivity index (χ4n) is 2.03. The molecule has 0 radical (unpaired) electrons. The van der Waals surface area contributed by atoms with Crippen LogP contribution in [0.1, 0.15) is 13.8 Å². The van der Waals surface area contributed by atoms with Gasteiger partial charge < -0.3 is 15.3 Å². The van der Waals surface area contributed by atoms with Crippen LogP contribution in [0.4, 0.5) is 0 Å². The lowest BCUT2D eigenvalue weighted by Gasteiger charge is -2.30. The lowest BCUT2D eigenvalue weighted by atomic mass is 10.2. The van der Waals surface area contributed by atoms with Gasteiger partial charge in [0.25, 0.3) is 0 Å². The first-order valence-corrected chi connectivity index (χ1v) is 6.09. The average molecular weight is 215 g/mol. The Hall–Kier alpha value is -0.160. The van der Waals surface area contributed by atoms with Crippen LogP contribution in [0.3, 0.4) is 0 Å². The summed E-state index contributed by atoms with van der Waals surface area (Å²) in [6, 6.07) is 0. The van der Waals surface area contributed by atoms with E-state index in [4.69, 9.17) is 0 Å². The van der Waals surface area contributed by atoms with Crippen molar-refractivity contribution < 1.29 is 5.11 Å². The maximum atomic E-state index is 9.93. The Bertz CT molecular complexity index is 156. The highest BCUT2D eigenvalue weighted by molar-refractivity contribution is 4.72. The minimum atomic E-state index is -0.206. The van der Waals surface area contributed by atoms with Gasteiger partial charge in [0.15, 0.2) is 0 Å². The van der Waals surface area contributed by atoms with Crippen LogP contribution in [-0.2, 0) is 0 Å². The average Bonchev–Trinajstić information content (AvgIpc) is 2.27. The van der Waals surface area contributed by atoms with E-state index in [9.17, 15) is 5.11 Å². The van der Waals surface area contributed by atoms with Crippen LogP contribution in [-0.4, -0.2) is 73.4 Å². The standard InChI is InChI=1S/C11H25N3O/c1-3-13(4-2)9-11(15)10-14-7-5-12-6-8-14/h11-12,15H,3-10H2,1-2H3. The van der Waals surface area contributed by atoms with E-state index in [0.717, 1.165) is 52.4 Å². The number of nitrogens with zero attached hydrogens (tertiary/aromatic N) is 2. The summed E-state index contributed by atoms with van der Waals surface area (Å²) in [5.41, 5.74) is 0. The van der Waals surface area contributed by atoms with Crippen LogP contribution < -0.4 is 5.32 Å². The molecule has 4 heteroatoms. The zero-order chi connectivity index (χ0) is 11.1. The molecule has 1 rings (SSSR count). The Balaban J connectivity index is 2.18. The molecular formula is C11H25N3O. The molecule has 0 amide bonds. The van der Waals surface area contributed by atoms with Gasteiger partial charge in [-0.2, -0.15) is 0 Å². The number of nitrogens with one attached hydrogen (secondary N) is 1. The van der Waals surface area contributed by atoms with E-state index in [-0.39, 0.29) is 6.10 Å². The Morgan fingerprint density at radius 1 is 1.27 bits per heavy atom. The van der Waals surface area contributed by atoms with Crippen LogP contribution in [0, 0.1) is 0 Å². The van der Waals surface area contributed by atoms with Crippen molar-refractivity contribution in [1.29, 1.82) is 0 Å². The first-order chi connectivity index (χ1) is 7.26. The number of likely N-dealkylation sites (N-methyl/N-ethyl adjacent to an activating group) is 1. The van der Waals surface area contributed by atoms with Crippen molar-refractivity contribution in [2.75, 3.05) is 52.4 Å². The third-order valence-corrected chi connectivity index (χ3v) is 3.04. The molecule has 0 aliphatic carbocycles. The molecule has 0 aromatic rings. The third kappa shape index (κ3) is 4.93. The van der Waals surface area contributed by atoms with Gasteiger partial charge in [-0.1, -0.05) is 13.8 Å². The summed E-state index contributed by atoms with van der Waals surface area (Å²) in [6.07, 6.45) is -0.206. The van der Waals surface area contributed by atoms with Crippen molar-refractivity contribution in [1.82, 2.24) is 15.1 Å². The maximum Gasteiger partial charge on any atom is 0.0793 e. The van der Waals surface area contributed by atoms with Crippen molar-refractivity contribution in [2.45, 2.75) is 20.0 Å². The predicted molar refractivity (Wildman–Crippen MR) is 63.1 cm³/mol. The minimum Gasteiger partial charge on any atom is -0.390 e. The predicted octanol–water partition coefficient (Wildman–Crippen LogP) is -0.406. The largest absolute Gasteiger partial charge is 0.390 e. The molecule has 90 valence electrons. The quantitative estimate of drug-likeness (QED) is 0.632. The normalized spacial score (nSPS) is 20.8. The Morgan fingerprint density at radius 3 is 2.40 bits per heavy atom. The van der Waals surface area contributed by atoms with Crippen LogP contribution >= 0.6 is 0 Å². The summed E-state index contributed by atoms with van der Waals surface area (Å²) in [6.45, 7) is 12.2. The van der Waals surface area contributed by atoms with Gasteiger partial charge >= 0.3 is 0 Å². The molecule has 0 aromatic carbocycles. The van der Waals surface area contributed by atoms with Crippen molar-refractivity contribution in [2.24, 2.45) is 0 Å². The maximum absolute atomic E-state index is 9.93. The van der Waals surface area contributed by atoms with Gasteiger partial charge in [-0.3, -0.25) is 4.90 Å². The first kappa shape index (κ1) is 12.9. The van der Waals surface area contributed by atoms with E-state index in [1.54, 1.807) is 0 Å². The van der Waals surface area contributed by atoms with Gasteiger partial charge in [0.1, 0.15) is 0 Å². The number of hydrogen-bond donors (Lipinski definition) is 2. The fourth-order valence-corrected chi connectivity index (χ4v) is 2.03. The van der Waals surface area contributed by atoms with E-state index in [1.165, 1.54) is 0 Å². The van der Waals surface area contributed by atoms with Crippen LogP contribution in [0.5, 0.6) is 0 Å². The van der Waals surface area contributed by atoms with Gasteiger partial charge in [-0.05, 0) is 13.1 Å². The number of aliphatic hydroxyl groups excluding tert-OH is 1. The molecule has 4 nitrogen and oxygen atoms in total. The van der Waals surface area contributed by atoms with Gasteiger partial charge in [-0.25, -0.2) is 0 Å². The molecule has 0 spiro atoms. The molecule has 1 heterocycles. The van der Waals surface area contributed by atoms with E-state index in [2.05, 4.69) is 29.0 Å². The molecule has 1 aliphatic rings. The summed E-state index contributed by atoms with van der Waals surface area (Å²) < 4.78 is 0. The van der Waals surface area contributed by atoms with Gasteiger partial charge in [0.2, 0.25) is 0 Å². The van der Waals surface area contributed by atoms with E-state index in [1.807, 2.05) is 0 Å². The Labute approximate surface area is 93.2 Å². The fraction of sp³-hybridized carbons (Fsp3) is 1.00. The zero-order valence-electron chi connectivity index (χ0n) is 10.1. The molecule has 0 aromatic heterocycles. The monoisotopic (exact) mass is 215 g/mol. The highest BCUT2D eigenvalue weighted by Gasteiger charge is 2.15. The smallest absolute Gasteiger partial charge is 0.0793 e. The van der Waals surface area contributed by atoms with Crippen LogP contribution in [0.15, 0.2) is 0 Å². The summed E-state index contributed by atoms with van der Waals surface area (Å²) in [4.78, 5) is 4.61. The Kier molecular flexibility index (Phi) is 6.17. The van der Waals surface area contributed by atoms with Crippen molar-refractivity contribution in [3.8, 4) is 0 Å². The topological polar surface area (TPSA) is 38.7 Å². The van der Waals surface area contributed by atoms with Crippen molar-refractivity contribution >= 4 is 0 Å². The lowest BCUT2D eigenvalue weighted by Crippen LogP contribution is -2.48. The summed E-state index contributed by atoms with van der Waals surface area (Å²) in [5, 5.41) is 13.2. The SMILES string of the molecule is CCN(CC)CC(O)CN1CCNCC1. The van der Waals surface area contributed by atoms with E-state index >= 15 is 0 Å². The second-order valence-corrected chi connectivity index (χ2v) is 4.19. The second-order valence-electron chi connectivity index (χ2n) is 4.19. The molecule has 1 fully saturated rings. The summed E-state index contributed by atoms with van der Waals surface area (Å²) in [5.74, 6) is 0. The summed E-state index contributed by atoms with van der Waals surface area (Å²) >= 11 is 0. The molecule has 15 heavy (non-hydrogen) atoms. The molecule has 1 aliphatic heterocycles. The van der Waals surface area contributed by atoms with E-state index in [0.29, 0.717) is 0 Å². The second kappa shape index (κ2) is 7.17. The van der Waals surface area contributed by atoms with Crippen LogP contribution in [0.2, 0.25) is 0 Å². The minimum absolute atomic E-state index is 0.206. The van der Waals surface area contributed by atoms with Crippen LogP contribution in [0.25, 0.3) is 0 Å². The highest BCUT2D eigenvalue weighted by Crippen LogP contribution is 1.98. The zero-order valence-corrected chi connectivity index (χ0v) is 10.1. The number of hydrogen-bond acceptors (Lipinski definition) is 4. The first-order valence-electron chi connectivity index (χ1n) is 6.09. The molecule has 1 saturated heterocycles. The van der Waals surface area contributed by atoms with Gasteiger partial charge in [0.05, 0.1) is 6.10 Å². The molecule has 0 bridgehead atoms. The van der Waals surface area contributed by atoms with Crippen molar-refractivity contribution in [3.63, 3.8) is 0 Å². The number of aliphatic hydroxyl groups is 1. The third-order valence-electron chi connectivity index (χ3n) is 3.04. The van der Waals surface area contributed by atoms with Gasteiger partial charge in [0, 0.05) is 39.3 Å². The molecular weight excluding hydrogens is 190 g/mol. The number of rotatable bonds is 6. The van der Waals surface area contributed by atoms with Crippen molar-refractivity contribution in [3.05, 3.63) is 0 Å². The number of piperazine rings is 1. The lowest BCUT2D eigenvalue weighted by molar-refractivity contribution is 0.0726. The van der Waals surface area contributed by atoms with Gasteiger partial charge in [-0.15, -0.1) is 0 Å². The molecule has 1 unspecified atom stereocenters. The molecule has 0 saturated carbocycles. The Morgan fingerprint density at radius 2 is 1.87 bits per heavy atom. The van der Waals surface area contributed by atoms with E-state index < -0.39 is 0 Å². The molecule has 2 N–H and O–H groups in total.